The minimum Gasteiger partial charge on any atom is -0.465 e. The van der Waals surface area contributed by atoms with Crippen LogP contribution >= 0.6 is 15.9 Å². The number of likely N-dealkylation sites (tertiary alicyclic amines) is 1. The lowest BCUT2D eigenvalue weighted by atomic mass is 9.85. The van der Waals surface area contributed by atoms with Gasteiger partial charge in [0.2, 0.25) is 0 Å². The molecule has 7 heteroatoms. The summed E-state index contributed by atoms with van der Waals surface area (Å²) in [5.41, 5.74) is 4.17. The predicted molar refractivity (Wildman–Crippen MR) is 124 cm³/mol. The average Bonchev–Trinajstić information content (AvgIpc) is 2.75. The number of aromatic amines is 1. The lowest BCUT2D eigenvalue weighted by molar-refractivity contribution is 0.0600. The zero-order valence-electron chi connectivity index (χ0n) is 18.8. The van der Waals surface area contributed by atoms with Crippen LogP contribution < -0.4 is 0 Å². The highest BCUT2D eigenvalue weighted by atomic mass is 79.9. The lowest BCUT2D eigenvalue weighted by Gasteiger charge is -2.37. The summed E-state index contributed by atoms with van der Waals surface area (Å²) in [6.45, 7) is 7.95. The van der Waals surface area contributed by atoms with E-state index in [2.05, 4.69) is 45.8 Å². The highest BCUT2D eigenvalue weighted by Gasteiger charge is 2.28. The molecule has 1 atom stereocenters. The van der Waals surface area contributed by atoms with E-state index in [4.69, 9.17) is 4.74 Å². The molecule has 2 heterocycles. The number of nitrogens with zero attached hydrogens (tertiary/aromatic N) is 2. The number of methoxy groups -OCH3 is 1. The Bertz CT molecular complexity index is 981. The van der Waals surface area contributed by atoms with E-state index in [0.29, 0.717) is 0 Å². The van der Waals surface area contributed by atoms with E-state index in [1.54, 1.807) is 6.07 Å². The number of halogens is 2. The van der Waals surface area contributed by atoms with Gasteiger partial charge in [-0.1, -0.05) is 15.9 Å². The van der Waals surface area contributed by atoms with E-state index in [1.807, 2.05) is 30.9 Å². The molecule has 1 aliphatic heterocycles. The molecule has 0 spiro atoms. The number of carbonyl (C=O) groups excluding carboxylic acids is 1. The molecule has 1 aromatic carbocycles. The maximum absolute atomic E-state index is 14.9. The largest absolute Gasteiger partial charge is 0.465 e. The molecule has 3 rings (SSSR count). The number of nitrogens with one attached hydrogen (secondary N) is 1. The summed E-state index contributed by atoms with van der Waals surface area (Å²) in [5, 5.41) is 3.28. The van der Waals surface area contributed by atoms with Crippen molar-refractivity contribution < 1.29 is 13.9 Å². The smallest absolute Gasteiger partial charge is 0.337 e. The first-order valence-electron chi connectivity index (χ1n) is 10.6. The number of rotatable bonds is 4. The summed E-state index contributed by atoms with van der Waals surface area (Å²) < 4.78 is 22.7. The molecule has 1 saturated heterocycles. The summed E-state index contributed by atoms with van der Waals surface area (Å²) in [5.74, 6) is -0.666. The Balaban J connectivity index is 1.78. The first-order valence-corrected chi connectivity index (χ1v) is 11.4. The third-order valence-electron chi connectivity index (χ3n) is 6.30. The SMILES string of the molecule is COC(=O)c1cc(C)c(C2CCN(C(C)c3cc(C)c(Br)cc[nH]n3C)CC2)c(F)c1. The Kier molecular flexibility index (Phi) is 7.59. The van der Waals surface area contributed by atoms with Gasteiger partial charge in [0.1, 0.15) is 5.82 Å². The molecule has 0 aliphatic carbocycles. The second-order valence-corrected chi connectivity index (χ2v) is 9.14. The van der Waals surface area contributed by atoms with Crippen LogP contribution in [-0.4, -0.2) is 40.8 Å². The fraction of sp³-hybridized carbons (Fsp3) is 0.458. The van der Waals surface area contributed by atoms with Gasteiger partial charge in [-0.25, -0.2) is 9.18 Å². The van der Waals surface area contributed by atoms with Gasteiger partial charge < -0.3 is 9.84 Å². The molecule has 5 nitrogen and oxygen atoms in total. The number of hydrogen-bond donors (Lipinski definition) is 1. The van der Waals surface area contributed by atoms with Crippen LogP contribution in [0.5, 0.6) is 0 Å². The molecule has 0 bridgehead atoms. The number of carbonyl (C=O) groups is 1. The van der Waals surface area contributed by atoms with Gasteiger partial charge >= 0.3 is 5.97 Å². The van der Waals surface area contributed by atoms with Gasteiger partial charge in [0.15, 0.2) is 0 Å². The minimum atomic E-state index is -0.506. The molecule has 168 valence electrons. The number of aromatic nitrogens is 2. The van der Waals surface area contributed by atoms with Gasteiger partial charge in [0, 0.05) is 23.8 Å². The zero-order valence-corrected chi connectivity index (χ0v) is 20.4. The number of esters is 1. The average molecular weight is 492 g/mol. The maximum Gasteiger partial charge on any atom is 0.337 e. The minimum absolute atomic E-state index is 0.149. The summed E-state index contributed by atoms with van der Waals surface area (Å²) in [7, 11) is 3.33. The fourth-order valence-corrected chi connectivity index (χ4v) is 4.73. The molecule has 1 unspecified atom stereocenters. The molecule has 0 saturated carbocycles. The maximum atomic E-state index is 14.9. The Morgan fingerprint density at radius 2 is 1.90 bits per heavy atom. The third-order valence-corrected chi connectivity index (χ3v) is 7.19. The standard InChI is InChI=1S/C24H31BrFN3O2/c1-15-13-22(28(4)27-9-6-20(15)25)17(3)29-10-7-18(8-11-29)23-16(2)12-19(14-21(23)26)24(30)31-5/h6,9,12-14,17-18,27H,7-8,10-11H2,1-5H3. The number of H-pyrrole nitrogens is 1. The van der Waals surface area contributed by atoms with E-state index in [0.717, 1.165) is 41.5 Å². The van der Waals surface area contributed by atoms with E-state index < -0.39 is 5.97 Å². The van der Waals surface area contributed by atoms with E-state index in [1.165, 1.54) is 24.4 Å². The van der Waals surface area contributed by atoms with Crippen molar-refractivity contribution >= 4 is 21.9 Å². The summed E-state index contributed by atoms with van der Waals surface area (Å²) in [4.78, 5) is 14.2. The normalized spacial score (nSPS) is 16.1. The van der Waals surface area contributed by atoms with E-state index >= 15 is 0 Å². The second kappa shape index (κ2) is 10.0. The zero-order chi connectivity index (χ0) is 22.7. The van der Waals surface area contributed by atoms with Gasteiger partial charge in [-0.05, 0) is 93.6 Å². The summed E-state index contributed by atoms with van der Waals surface area (Å²) >= 11 is 3.61. The quantitative estimate of drug-likeness (QED) is 0.556. The Morgan fingerprint density at radius 1 is 1.23 bits per heavy atom. The fourth-order valence-electron chi connectivity index (χ4n) is 4.49. The molecular formula is C24H31BrFN3O2. The Hall–Kier alpha value is -2.12. The first kappa shape index (κ1) is 23.5. The molecule has 31 heavy (non-hydrogen) atoms. The number of ether oxygens (including phenoxy) is 1. The van der Waals surface area contributed by atoms with Crippen molar-refractivity contribution in [2.75, 3.05) is 20.2 Å². The lowest BCUT2D eigenvalue weighted by Crippen LogP contribution is -2.36. The van der Waals surface area contributed by atoms with Crippen molar-refractivity contribution in [1.82, 2.24) is 14.7 Å². The van der Waals surface area contributed by atoms with Gasteiger partial charge in [0.05, 0.1) is 18.4 Å². The van der Waals surface area contributed by atoms with Crippen LogP contribution in [0.15, 0.2) is 34.9 Å². The highest BCUT2D eigenvalue weighted by Crippen LogP contribution is 2.35. The molecule has 1 fully saturated rings. The topological polar surface area (TPSA) is 50.3 Å². The third kappa shape index (κ3) is 5.21. The molecule has 1 N–H and O–H groups in total. The van der Waals surface area contributed by atoms with Gasteiger partial charge in [-0.2, -0.15) is 0 Å². The van der Waals surface area contributed by atoms with Crippen molar-refractivity contribution in [3.63, 3.8) is 0 Å². The van der Waals surface area contributed by atoms with Crippen LogP contribution in [0.4, 0.5) is 4.39 Å². The highest BCUT2D eigenvalue weighted by molar-refractivity contribution is 9.10. The molecular weight excluding hydrogens is 461 g/mol. The molecule has 1 aliphatic rings. The van der Waals surface area contributed by atoms with Crippen molar-refractivity contribution in [3.05, 3.63) is 68.7 Å². The van der Waals surface area contributed by atoms with Gasteiger partial charge in [-0.15, -0.1) is 0 Å². The van der Waals surface area contributed by atoms with Gasteiger partial charge in [-0.3, -0.25) is 9.58 Å². The molecule has 2 aromatic rings. The Labute approximate surface area is 192 Å². The van der Waals surface area contributed by atoms with Crippen LogP contribution in [0.1, 0.15) is 64.5 Å². The first-order chi connectivity index (χ1) is 14.7. The van der Waals surface area contributed by atoms with Crippen LogP contribution in [-0.2, 0) is 11.8 Å². The second-order valence-electron chi connectivity index (χ2n) is 8.29. The van der Waals surface area contributed by atoms with E-state index in [9.17, 15) is 9.18 Å². The molecule has 0 amide bonds. The summed E-state index contributed by atoms with van der Waals surface area (Å²) in [6, 6.07) is 7.46. The number of aryl methyl sites for hydroxylation is 3. The van der Waals surface area contributed by atoms with Crippen LogP contribution in [0.2, 0.25) is 0 Å². The monoisotopic (exact) mass is 491 g/mol. The predicted octanol–water partition coefficient (Wildman–Crippen LogP) is 5.72. The van der Waals surface area contributed by atoms with Gasteiger partial charge in [0.25, 0.3) is 0 Å². The molecule has 1 aromatic heterocycles. The van der Waals surface area contributed by atoms with Crippen molar-refractivity contribution in [2.24, 2.45) is 7.05 Å². The number of benzene rings is 1. The van der Waals surface area contributed by atoms with Crippen molar-refractivity contribution in [1.29, 1.82) is 0 Å². The number of piperidine rings is 1. The van der Waals surface area contributed by atoms with Crippen molar-refractivity contribution in [3.8, 4) is 0 Å². The van der Waals surface area contributed by atoms with Crippen LogP contribution in [0.3, 0.4) is 0 Å². The molecule has 0 radical (unpaired) electrons. The Morgan fingerprint density at radius 3 is 2.52 bits per heavy atom. The van der Waals surface area contributed by atoms with Crippen LogP contribution in [0, 0.1) is 19.7 Å². The van der Waals surface area contributed by atoms with E-state index in [-0.39, 0.29) is 23.3 Å². The van der Waals surface area contributed by atoms with Crippen LogP contribution in [0.25, 0.3) is 0 Å². The van der Waals surface area contributed by atoms with Crippen molar-refractivity contribution in [2.45, 2.75) is 45.6 Å². The summed E-state index contributed by atoms with van der Waals surface area (Å²) in [6.07, 6.45) is 3.67. The number of hydrogen-bond acceptors (Lipinski definition) is 3.